The number of amides is 1. The number of thioether (sulfide) groups is 1. The minimum Gasteiger partial charge on any atom is -0.497 e. The summed E-state index contributed by atoms with van der Waals surface area (Å²) in [6.07, 6.45) is 1.65. The number of rotatable bonds is 7. The number of nitrogens with one attached hydrogen (secondary N) is 1. The van der Waals surface area contributed by atoms with Crippen molar-refractivity contribution in [3.63, 3.8) is 0 Å². The van der Waals surface area contributed by atoms with Gasteiger partial charge in [-0.05, 0) is 19.1 Å². The Hall–Kier alpha value is -2.45. The van der Waals surface area contributed by atoms with Crippen LogP contribution >= 0.6 is 23.1 Å². The number of carbonyl (C=O) groups is 1. The number of aryl methyl sites for hydroxylation is 1. The van der Waals surface area contributed by atoms with Crippen molar-refractivity contribution in [2.45, 2.75) is 11.9 Å². The first-order valence-electron chi connectivity index (χ1n) is 7.91. The maximum Gasteiger partial charge on any atom is 0.230 e. The summed E-state index contributed by atoms with van der Waals surface area (Å²) in [5.74, 6) is 0.942. The van der Waals surface area contributed by atoms with Crippen molar-refractivity contribution in [2.75, 3.05) is 19.4 Å². The Kier molecular flexibility index (Phi) is 5.85. The Morgan fingerprint density at radius 2 is 2.27 bits per heavy atom. The number of fused-ring (bicyclic) bond motifs is 1. The van der Waals surface area contributed by atoms with Crippen LogP contribution < -0.4 is 10.1 Å². The van der Waals surface area contributed by atoms with E-state index < -0.39 is 0 Å². The highest BCUT2D eigenvalue weighted by Crippen LogP contribution is 2.36. The number of nitrogens with zero attached hydrogens (tertiary/aromatic N) is 3. The quantitative estimate of drug-likeness (QED) is 0.495. The molecule has 1 N–H and O–H groups in total. The highest BCUT2D eigenvalue weighted by atomic mass is 32.2. The van der Waals surface area contributed by atoms with Crippen LogP contribution in [0.15, 0.2) is 41.9 Å². The van der Waals surface area contributed by atoms with E-state index in [0.29, 0.717) is 11.6 Å². The van der Waals surface area contributed by atoms with Gasteiger partial charge in [0.15, 0.2) is 0 Å². The van der Waals surface area contributed by atoms with Crippen molar-refractivity contribution < 1.29 is 9.53 Å². The lowest BCUT2D eigenvalue weighted by Crippen LogP contribution is -2.24. The molecule has 0 saturated heterocycles. The molecule has 3 aromatic rings. The monoisotopic (exact) mass is 386 g/mol. The summed E-state index contributed by atoms with van der Waals surface area (Å²) in [6, 6.07) is 7.70. The highest BCUT2D eigenvalue weighted by Gasteiger charge is 2.17. The van der Waals surface area contributed by atoms with Crippen LogP contribution in [-0.4, -0.2) is 40.5 Å². The van der Waals surface area contributed by atoms with Crippen molar-refractivity contribution >= 4 is 39.2 Å². The maximum atomic E-state index is 11.8. The van der Waals surface area contributed by atoms with E-state index >= 15 is 0 Å². The van der Waals surface area contributed by atoms with E-state index in [1.165, 1.54) is 11.8 Å². The summed E-state index contributed by atoms with van der Waals surface area (Å²) < 4.78 is 6.26. The zero-order chi connectivity index (χ0) is 18.5. The number of benzene rings is 1. The van der Waals surface area contributed by atoms with Crippen LogP contribution in [0.3, 0.4) is 0 Å². The van der Waals surface area contributed by atoms with Crippen LogP contribution in [-0.2, 0) is 4.79 Å². The fraction of sp³-hybridized carbons (Fsp3) is 0.222. The molecule has 0 radical (unpaired) electrons. The lowest BCUT2D eigenvalue weighted by Gasteiger charge is -2.06. The van der Waals surface area contributed by atoms with Crippen LogP contribution in [0.2, 0.25) is 0 Å². The van der Waals surface area contributed by atoms with Gasteiger partial charge < -0.3 is 10.1 Å². The molecule has 0 unspecified atom stereocenters. The van der Waals surface area contributed by atoms with Crippen LogP contribution in [0.5, 0.6) is 5.75 Å². The second kappa shape index (κ2) is 8.29. The fourth-order valence-electron chi connectivity index (χ4n) is 2.35. The Balaban J connectivity index is 1.94. The van der Waals surface area contributed by atoms with Gasteiger partial charge in [0.05, 0.1) is 22.6 Å². The molecule has 0 aliphatic heterocycles. The van der Waals surface area contributed by atoms with E-state index in [4.69, 9.17) is 4.74 Å². The molecule has 2 aromatic heterocycles. The van der Waals surface area contributed by atoms with Crippen molar-refractivity contribution in [1.82, 2.24) is 20.5 Å². The molecule has 0 spiro atoms. The number of aromatic nitrogens is 3. The summed E-state index contributed by atoms with van der Waals surface area (Å²) in [5.41, 5.74) is 2.47. The third-order valence-electron chi connectivity index (χ3n) is 3.52. The fourth-order valence-corrected chi connectivity index (χ4v) is 4.09. The number of thiazole rings is 1. The van der Waals surface area contributed by atoms with Gasteiger partial charge in [0, 0.05) is 12.1 Å². The SMILES string of the molecule is C=CCNC(=O)CSc1nnc(-c2cccc(OC)c2)c2sc(C)nc12. The summed E-state index contributed by atoms with van der Waals surface area (Å²) in [4.78, 5) is 16.4. The molecule has 0 aliphatic rings. The van der Waals surface area contributed by atoms with E-state index in [9.17, 15) is 4.79 Å². The molecule has 0 bridgehead atoms. The molecular weight excluding hydrogens is 368 g/mol. The van der Waals surface area contributed by atoms with Gasteiger partial charge in [0.2, 0.25) is 5.91 Å². The summed E-state index contributed by atoms with van der Waals surface area (Å²) in [7, 11) is 1.63. The molecule has 8 heteroatoms. The van der Waals surface area contributed by atoms with Gasteiger partial charge in [-0.2, -0.15) is 0 Å². The van der Waals surface area contributed by atoms with E-state index in [1.807, 2.05) is 31.2 Å². The predicted molar refractivity (Wildman–Crippen MR) is 106 cm³/mol. The Labute approximate surface area is 159 Å². The molecule has 0 saturated carbocycles. The lowest BCUT2D eigenvalue weighted by molar-refractivity contribution is -0.118. The van der Waals surface area contributed by atoms with Crippen LogP contribution in [0, 0.1) is 6.92 Å². The molecule has 0 atom stereocenters. The number of carbonyl (C=O) groups excluding carboxylic acids is 1. The first kappa shape index (κ1) is 18.3. The predicted octanol–water partition coefficient (Wildman–Crippen LogP) is 3.46. The third kappa shape index (κ3) is 4.03. The Morgan fingerprint density at radius 3 is 3.04 bits per heavy atom. The molecule has 3 rings (SSSR count). The first-order valence-corrected chi connectivity index (χ1v) is 9.71. The molecule has 2 heterocycles. The number of methoxy groups -OCH3 is 1. The molecule has 1 aromatic carbocycles. The molecular formula is C18H18N4O2S2. The zero-order valence-electron chi connectivity index (χ0n) is 14.5. The second-order valence-electron chi connectivity index (χ2n) is 5.38. The second-order valence-corrected chi connectivity index (χ2v) is 7.55. The standard InChI is InChI=1S/C18H18N4O2S2/c1-4-8-19-14(23)10-25-18-16-17(26-11(2)20-16)15(21-22-18)12-6-5-7-13(9-12)24-3/h4-7,9H,1,8,10H2,2-3H3,(H,19,23). The maximum absolute atomic E-state index is 11.8. The highest BCUT2D eigenvalue weighted by molar-refractivity contribution is 8.00. The average Bonchev–Trinajstić information content (AvgIpc) is 3.05. The van der Waals surface area contributed by atoms with Gasteiger partial charge in [0.1, 0.15) is 22.0 Å². The zero-order valence-corrected chi connectivity index (χ0v) is 16.1. The molecule has 134 valence electrons. The van der Waals surface area contributed by atoms with Crippen molar-refractivity contribution in [1.29, 1.82) is 0 Å². The van der Waals surface area contributed by atoms with Gasteiger partial charge in [-0.3, -0.25) is 4.79 Å². The van der Waals surface area contributed by atoms with E-state index in [-0.39, 0.29) is 11.7 Å². The van der Waals surface area contributed by atoms with E-state index in [0.717, 1.165) is 32.2 Å². The summed E-state index contributed by atoms with van der Waals surface area (Å²) in [5, 5.41) is 13.1. The van der Waals surface area contributed by atoms with Gasteiger partial charge in [0.25, 0.3) is 0 Å². The Bertz CT molecular complexity index is 956. The molecule has 26 heavy (non-hydrogen) atoms. The minimum atomic E-state index is -0.0753. The average molecular weight is 387 g/mol. The van der Waals surface area contributed by atoms with E-state index in [2.05, 4.69) is 27.1 Å². The minimum absolute atomic E-state index is 0.0753. The van der Waals surface area contributed by atoms with Crippen molar-refractivity contribution in [2.24, 2.45) is 0 Å². The molecule has 0 fully saturated rings. The number of hydrogen-bond donors (Lipinski definition) is 1. The first-order chi connectivity index (χ1) is 12.6. The van der Waals surface area contributed by atoms with Gasteiger partial charge >= 0.3 is 0 Å². The molecule has 6 nitrogen and oxygen atoms in total. The lowest BCUT2D eigenvalue weighted by atomic mass is 10.1. The van der Waals surface area contributed by atoms with Crippen LogP contribution in [0.4, 0.5) is 0 Å². The Morgan fingerprint density at radius 1 is 1.42 bits per heavy atom. The molecule has 0 aliphatic carbocycles. The summed E-state index contributed by atoms with van der Waals surface area (Å²) >= 11 is 2.90. The van der Waals surface area contributed by atoms with Gasteiger partial charge in [-0.15, -0.1) is 28.1 Å². The van der Waals surface area contributed by atoms with Gasteiger partial charge in [-0.1, -0.05) is 30.0 Å². The number of hydrogen-bond acceptors (Lipinski definition) is 7. The van der Waals surface area contributed by atoms with Crippen molar-refractivity contribution in [3.05, 3.63) is 41.9 Å². The largest absolute Gasteiger partial charge is 0.497 e. The van der Waals surface area contributed by atoms with E-state index in [1.54, 1.807) is 24.5 Å². The topological polar surface area (TPSA) is 77.0 Å². The smallest absolute Gasteiger partial charge is 0.230 e. The third-order valence-corrected chi connectivity index (χ3v) is 5.45. The number of ether oxygens (including phenoxy) is 1. The summed E-state index contributed by atoms with van der Waals surface area (Å²) in [6.45, 7) is 5.98. The van der Waals surface area contributed by atoms with Crippen LogP contribution in [0.1, 0.15) is 5.01 Å². The van der Waals surface area contributed by atoms with Crippen molar-refractivity contribution in [3.8, 4) is 17.0 Å². The molecule has 1 amide bonds. The normalized spacial score (nSPS) is 10.7. The van der Waals surface area contributed by atoms with Crippen LogP contribution in [0.25, 0.3) is 21.5 Å². The van der Waals surface area contributed by atoms with Gasteiger partial charge in [-0.25, -0.2) is 4.98 Å².